The van der Waals surface area contributed by atoms with Crippen molar-refractivity contribution < 1.29 is 5.11 Å². The second-order valence-corrected chi connectivity index (χ2v) is 8.84. The number of halogens is 1. The van der Waals surface area contributed by atoms with Crippen LogP contribution < -0.4 is 5.32 Å². The molecule has 2 atom stereocenters. The lowest BCUT2D eigenvalue weighted by Crippen LogP contribution is -2.31. The number of aliphatic hydroxyl groups is 1. The molecule has 0 spiro atoms. The maximum absolute atomic E-state index is 9.42. The summed E-state index contributed by atoms with van der Waals surface area (Å²) in [6.45, 7) is 5.12. The summed E-state index contributed by atoms with van der Waals surface area (Å²) in [7, 11) is 0. The van der Waals surface area contributed by atoms with E-state index in [-0.39, 0.29) is 18.7 Å². The van der Waals surface area contributed by atoms with E-state index in [9.17, 15) is 5.11 Å². The zero-order valence-electron chi connectivity index (χ0n) is 17.0. The molecule has 1 aliphatic rings. The van der Waals surface area contributed by atoms with E-state index in [1.54, 1.807) is 0 Å². The van der Waals surface area contributed by atoms with Crippen molar-refractivity contribution in [3.63, 3.8) is 0 Å². The standard InChI is InChI=1S/C23H25BrN4OS/c1-15-14-19(16(2)28(15)18-9-7-17(24)8-10-18)22-21(20-6-3-4-11-25-20)26-23(30)27(22)12-5-13-29/h3-4,6-11,14,21-22,29H,5,12-13H2,1-2H3,(H,26,30)/t21-,22-/m0/s1. The van der Waals surface area contributed by atoms with Crippen LogP contribution in [0.25, 0.3) is 5.69 Å². The van der Waals surface area contributed by atoms with Crippen LogP contribution >= 0.6 is 28.1 Å². The molecular formula is C23H25BrN4OS. The Labute approximate surface area is 190 Å². The van der Waals surface area contributed by atoms with Gasteiger partial charge in [-0.15, -0.1) is 0 Å². The molecule has 2 N–H and O–H groups in total. The van der Waals surface area contributed by atoms with Gasteiger partial charge in [0.1, 0.15) is 0 Å². The first-order valence-corrected chi connectivity index (χ1v) is 11.2. The van der Waals surface area contributed by atoms with Crippen LogP contribution in [0.15, 0.2) is 59.2 Å². The average Bonchev–Trinajstić information content (AvgIpc) is 3.23. The van der Waals surface area contributed by atoms with Crippen LogP contribution in [0.2, 0.25) is 0 Å². The molecule has 1 aromatic carbocycles. The number of rotatable bonds is 6. The smallest absolute Gasteiger partial charge is 0.170 e. The highest BCUT2D eigenvalue weighted by Crippen LogP contribution is 2.41. The van der Waals surface area contributed by atoms with Crippen LogP contribution in [0.1, 0.15) is 41.1 Å². The van der Waals surface area contributed by atoms with E-state index in [1.165, 1.54) is 17.0 Å². The number of nitrogens with zero attached hydrogens (tertiary/aromatic N) is 3. The van der Waals surface area contributed by atoms with Crippen molar-refractivity contribution in [1.29, 1.82) is 0 Å². The van der Waals surface area contributed by atoms with E-state index in [2.05, 4.69) is 79.9 Å². The first kappa shape index (κ1) is 21.0. The summed E-state index contributed by atoms with van der Waals surface area (Å²) in [6, 6.07) is 16.5. The summed E-state index contributed by atoms with van der Waals surface area (Å²) < 4.78 is 3.34. The van der Waals surface area contributed by atoms with Crippen LogP contribution in [0, 0.1) is 13.8 Å². The quantitative estimate of drug-likeness (QED) is 0.500. The predicted molar refractivity (Wildman–Crippen MR) is 127 cm³/mol. The Bertz CT molecular complexity index is 1040. The van der Waals surface area contributed by atoms with Crippen molar-refractivity contribution in [3.05, 3.63) is 81.8 Å². The number of aliphatic hydroxyl groups excluding tert-OH is 1. The fraction of sp³-hybridized carbons (Fsp3) is 0.304. The fourth-order valence-electron chi connectivity index (χ4n) is 4.30. The Morgan fingerprint density at radius 3 is 2.60 bits per heavy atom. The Balaban J connectivity index is 1.81. The molecule has 1 saturated heterocycles. The highest BCUT2D eigenvalue weighted by Gasteiger charge is 2.41. The number of thiocarbonyl (C=S) groups is 1. The largest absolute Gasteiger partial charge is 0.396 e. The van der Waals surface area contributed by atoms with Crippen LogP contribution in [-0.2, 0) is 0 Å². The number of benzene rings is 1. The number of pyridine rings is 1. The van der Waals surface area contributed by atoms with Gasteiger partial charge in [-0.25, -0.2) is 0 Å². The molecule has 0 radical (unpaired) electrons. The van der Waals surface area contributed by atoms with Crippen LogP contribution in [0.5, 0.6) is 0 Å². The van der Waals surface area contributed by atoms with Crippen molar-refractivity contribution in [3.8, 4) is 5.69 Å². The lowest BCUT2D eigenvalue weighted by molar-refractivity contribution is 0.247. The molecule has 0 amide bonds. The molecule has 0 saturated carbocycles. The highest BCUT2D eigenvalue weighted by atomic mass is 79.9. The minimum atomic E-state index is -0.0451. The number of nitrogens with one attached hydrogen (secondary N) is 1. The van der Waals surface area contributed by atoms with E-state index < -0.39 is 0 Å². The molecular weight excluding hydrogens is 460 g/mol. The van der Waals surface area contributed by atoms with Crippen molar-refractivity contribution in [1.82, 2.24) is 19.8 Å². The fourth-order valence-corrected chi connectivity index (χ4v) is 4.90. The molecule has 0 unspecified atom stereocenters. The van der Waals surface area contributed by atoms with Crippen molar-refractivity contribution >= 4 is 33.3 Å². The Hall–Kier alpha value is -2.22. The molecule has 0 aliphatic carbocycles. The third kappa shape index (κ3) is 3.89. The van der Waals surface area contributed by atoms with Gasteiger partial charge < -0.3 is 19.9 Å². The zero-order valence-corrected chi connectivity index (χ0v) is 19.4. The SMILES string of the molecule is Cc1cc([C@H]2[C@H](c3ccccn3)NC(=S)N2CCCO)c(C)n1-c1ccc(Br)cc1. The Morgan fingerprint density at radius 1 is 1.17 bits per heavy atom. The normalized spacial score (nSPS) is 18.7. The molecule has 5 nitrogen and oxygen atoms in total. The molecule has 7 heteroatoms. The summed E-state index contributed by atoms with van der Waals surface area (Å²) in [5, 5.41) is 13.6. The monoisotopic (exact) mass is 484 g/mol. The number of aromatic nitrogens is 2. The molecule has 2 aromatic heterocycles. The van der Waals surface area contributed by atoms with Gasteiger partial charge in [0.25, 0.3) is 0 Å². The summed E-state index contributed by atoms with van der Waals surface area (Å²) in [5.41, 5.74) is 5.66. The highest BCUT2D eigenvalue weighted by molar-refractivity contribution is 9.10. The van der Waals surface area contributed by atoms with Gasteiger partial charge in [-0.1, -0.05) is 22.0 Å². The van der Waals surface area contributed by atoms with Gasteiger partial charge in [-0.3, -0.25) is 4.98 Å². The molecule has 3 aromatic rings. The van der Waals surface area contributed by atoms with Gasteiger partial charge in [0.05, 0.1) is 17.8 Å². The van der Waals surface area contributed by atoms with Crippen LogP contribution in [0.3, 0.4) is 0 Å². The van der Waals surface area contributed by atoms with Crippen molar-refractivity contribution in [2.75, 3.05) is 13.2 Å². The first-order chi connectivity index (χ1) is 14.5. The second-order valence-electron chi connectivity index (χ2n) is 7.54. The molecule has 30 heavy (non-hydrogen) atoms. The molecule has 4 rings (SSSR count). The van der Waals surface area contributed by atoms with Crippen molar-refractivity contribution in [2.24, 2.45) is 0 Å². The Kier molecular flexibility index (Phi) is 6.22. The third-order valence-corrected chi connectivity index (χ3v) is 6.51. The van der Waals surface area contributed by atoms with Crippen LogP contribution in [-0.4, -0.2) is 37.8 Å². The van der Waals surface area contributed by atoms with Gasteiger partial charge >= 0.3 is 0 Å². The minimum Gasteiger partial charge on any atom is -0.396 e. The maximum atomic E-state index is 9.42. The summed E-state index contributed by atoms with van der Waals surface area (Å²) in [6.07, 6.45) is 2.48. The van der Waals surface area contributed by atoms with Gasteiger partial charge in [0.15, 0.2) is 5.11 Å². The topological polar surface area (TPSA) is 53.3 Å². The number of hydrogen-bond donors (Lipinski definition) is 2. The molecule has 1 aliphatic heterocycles. The van der Waals surface area contributed by atoms with Gasteiger partial charge in [0, 0.05) is 40.9 Å². The number of aryl methyl sites for hydroxylation is 1. The number of hydrogen-bond acceptors (Lipinski definition) is 3. The molecule has 3 heterocycles. The molecule has 0 bridgehead atoms. The third-order valence-electron chi connectivity index (χ3n) is 5.63. The zero-order chi connectivity index (χ0) is 21.3. The lowest BCUT2D eigenvalue weighted by atomic mass is 9.96. The maximum Gasteiger partial charge on any atom is 0.170 e. The molecule has 156 valence electrons. The van der Waals surface area contributed by atoms with E-state index in [0.717, 1.165) is 15.9 Å². The second kappa shape index (κ2) is 8.88. The van der Waals surface area contributed by atoms with Gasteiger partial charge in [-0.05, 0) is 80.5 Å². The van der Waals surface area contributed by atoms with Crippen molar-refractivity contribution in [2.45, 2.75) is 32.4 Å². The average molecular weight is 485 g/mol. The predicted octanol–water partition coefficient (Wildman–Crippen LogP) is 4.61. The van der Waals surface area contributed by atoms with Gasteiger partial charge in [-0.2, -0.15) is 0 Å². The lowest BCUT2D eigenvalue weighted by Gasteiger charge is -2.28. The summed E-state index contributed by atoms with van der Waals surface area (Å²) in [5.74, 6) is 0. The first-order valence-electron chi connectivity index (χ1n) is 10.0. The Morgan fingerprint density at radius 2 is 1.93 bits per heavy atom. The summed E-state index contributed by atoms with van der Waals surface area (Å²) >= 11 is 9.21. The minimum absolute atomic E-state index is 0.00866. The van der Waals surface area contributed by atoms with E-state index >= 15 is 0 Å². The van der Waals surface area contributed by atoms with E-state index in [0.29, 0.717) is 18.1 Å². The summed E-state index contributed by atoms with van der Waals surface area (Å²) in [4.78, 5) is 6.80. The van der Waals surface area contributed by atoms with Crippen LogP contribution in [0.4, 0.5) is 0 Å². The molecule has 1 fully saturated rings. The van der Waals surface area contributed by atoms with E-state index in [1.807, 2.05) is 24.4 Å². The van der Waals surface area contributed by atoms with E-state index in [4.69, 9.17) is 12.2 Å². The van der Waals surface area contributed by atoms with Gasteiger partial charge in [0.2, 0.25) is 0 Å².